The van der Waals surface area contributed by atoms with Crippen molar-refractivity contribution in [1.29, 1.82) is 0 Å². The van der Waals surface area contributed by atoms with Crippen LogP contribution >= 0.6 is 0 Å². The lowest BCUT2D eigenvalue weighted by molar-refractivity contribution is 0.0568. The van der Waals surface area contributed by atoms with Crippen LogP contribution in [0.5, 0.6) is 0 Å². The van der Waals surface area contributed by atoms with Crippen LogP contribution in [0.3, 0.4) is 0 Å². The second-order valence-electron chi connectivity index (χ2n) is 7.49. The molecule has 4 heterocycles. The van der Waals surface area contributed by atoms with Crippen molar-refractivity contribution in [3.05, 3.63) is 94.8 Å². The zero-order valence-electron chi connectivity index (χ0n) is 16.3. The number of amides is 2. The van der Waals surface area contributed by atoms with E-state index in [1.807, 2.05) is 24.3 Å². The molecule has 0 saturated carbocycles. The summed E-state index contributed by atoms with van der Waals surface area (Å²) in [4.78, 5) is 37.7. The monoisotopic (exact) mass is 402 g/mol. The quantitative estimate of drug-likeness (QED) is 0.629. The Morgan fingerprint density at radius 2 is 1.93 bits per heavy atom. The molecule has 2 amide bonds. The van der Waals surface area contributed by atoms with Crippen LogP contribution in [0.15, 0.2) is 61.1 Å². The van der Waals surface area contributed by atoms with Gasteiger partial charge in [0, 0.05) is 36.3 Å². The second kappa shape index (κ2) is 7.02. The maximum atomic E-state index is 13.3. The third kappa shape index (κ3) is 2.77. The average molecular weight is 402 g/mol. The van der Waals surface area contributed by atoms with Crippen LogP contribution in [0.25, 0.3) is 0 Å². The molecule has 2 aliphatic heterocycles. The van der Waals surface area contributed by atoms with Gasteiger partial charge >= 0.3 is 0 Å². The van der Waals surface area contributed by atoms with E-state index in [0.29, 0.717) is 17.7 Å². The van der Waals surface area contributed by atoms with Gasteiger partial charge in [0.05, 0.1) is 11.6 Å². The van der Waals surface area contributed by atoms with Crippen LogP contribution in [-0.4, -0.2) is 38.1 Å². The van der Waals surface area contributed by atoms with E-state index in [9.17, 15) is 14.0 Å². The summed E-state index contributed by atoms with van der Waals surface area (Å²) in [5.41, 5.74) is 3.72. The molecule has 1 aromatic carbocycles. The zero-order valence-corrected chi connectivity index (χ0v) is 16.3. The van der Waals surface area contributed by atoms with Crippen LogP contribution in [0, 0.1) is 5.95 Å². The van der Waals surface area contributed by atoms with Gasteiger partial charge in [0.25, 0.3) is 11.8 Å². The first kappa shape index (κ1) is 18.4. The van der Waals surface area contributed by atoms with Gasteiger partial charge in [-0.05, 0) is 35.7 Å². The van der Waals surface area contributed by atoms with E-state index in [2.05, 4.69) is 16.9 Å². The fraction of sp³-hybridized carbons (Fsp3) is 0.217. The Labute approximate surface area is 173 Å². The number of pyridine rings is 2. The normalized spacial score (nSPS) is 19.7. The van der Waals surface area contributed by atoms with E-state index in [1.54, 1.807) is 28.3 Å². The van der Waals surface area contributed by atoms with E-state index in [1.165, 1.54) is 17.8 Å². The molecule has 0 radical (unpaired) electrons. The molecule has 150 valence electrons. The van der Waals surface area contributed by atoms with Crippen molar-refractivity contribution < 1.29 is 14.0 Å². The van der Waals surface area contributed by atoms with Gasteiger partial charge in [-0.25, -0.2) is 4.98 Å². The van der Waals surface area contributed by atoms with Gasteiger partial charge in [0.15, 0.2) is 0 Å². The lowest BCUT2D eigenvalue weighted by atomic mass is 10.0. The Hall–Kier alpha value is -3.61. The zero-order chi connectivity index (χ0) is 20.8. The lowest BCUT2D eigenvalue weighted by Crippen LogP contribution is -2.33. The number of carbonyl (C=O) groups excluding carboxylic acids is 2. The van der Waals surface area contributed by atoms with Gasteiger partial charge in [-0.15, -0.1) is 0 Å². The van der Waals surface area contributed by atoms with Crippen LogP contribution in [0.2, 0.25) is 0 Å². The predicted octanol–water partition coefficient (Wildman–Crippen LogP) is 3.53. The summed E-state index contributed by atoms with van der Waals surface area (Å²) in [6.45, 7) is 2.43. The maximum absolute atomic E-state index is 13.3. The van der Waals surface area contributed by atoms with Crippen LogP contribution < -0.4 is 0 Å². The predicted molar refractivity (Wildman–Crippen MR) is 107 cm³/mol. The van der Waals surface area contributed by atoms with Crippen LogP contribution in [0.1, 0.15) is 56.5 Å². The van der Waals surface area contributed by atoms with Crippen molar-refractivity contribution in [2.75, 3.05) is 6.54 Å². The molecule has 3 aromatic rings. The van der Waals surface area contributed by atoms with Crippen molar-refractivity contribution in [3.8, 4) is 0 Å². The number of nitrogens with zero attached hydrogens (tertiary/aromatic N) is 4. The highest BCUT2D eigenvalue weighted by Gasteiger charge is 2.51. The lowest BCUT2D eigenvalue weighted by Gasteiger charge is -2.25. The number of hydrogen-bond acceptors (Lipinski definition) is 4. The highest BCUT2D eigenvalue weighted by Crippen LogP contribution is 2.47. The van der Waals surface area contributed by atoms with E-state index in [0.717, 1.165) is 18.1 Å². The van der Waals surface area contributed by atoms with Gasteiger partial charge in [0.2, 0.25) is 5.95 Å². The number of fused-ring (bicyclic) bond motifs is 3. The second-order valence-corrected chi connectivity index (χ2v) is 7.49. The number of hydrogen-bond donors (Lipinski definition) is 0. The van der Waals surface area contributed by atoms with E-state index in [4.69, 9.17) is 0 Å². The van der Waals surface area contributed by atoms with Gasteiger partial charge in [0.1, 0.15) is 6.17 Å². The van der Waals surface area contributed by atoms with Crippen molar-refractivity contribution in [1.82, 2.24) is 19.8 Å². The SMILES string of the molecule is CCc1ccc(C2CN(C(=O)c3ccc(F)nc3)C3c4cnccc4C(=O)N23)cc1. The van der Waals surface area contributed by atoms with E-state index >= 15 is 0 Å². The fourth-order valence-corrected chi connectivity index (χ4v) is 4.31. The summed E-state index contributed by atoms with van der Waals surface area (Å²) in [6, 6.07) is 12.1. The number of halogens is 1. The average Bonchev–Trinajstić information content (AvgIpc) is 3.31. The molecule has 2 unspecified atom stereocenters. The molecule has 0 aliphatic carbocycles. The van der Waals surface area contributed by atoms with Gasteiger partial charge in [-0.1, -0.05) is 31.2 Å². The smallest absolute Gasteiger partial charge is 0.257 e. The molecular weight excluding hydrogens is 383 g/mol. The first-order valence-corrected chi connectivity index (χ1v) is 9.86. The van der Waals surface area contributed by atoms with Gasteiger partial charge in [-0.3, -0.25) is 14.6 Å². The Morgan fingerprint density at radius 3 is 2.63 bits per heavy atom. The Bertz CT molecular complexity index is 1130. The number of aromatic nitrogens is 2. The topological polar surface area (TPSA) is 66.4 Å². The van der Waals surface area contributed by atoms with Crippen LogP contribution in [0.4, 0.5) is 4.39 Å². The Morgan fingerprint density at radius 1 is 1.13 bits per heavy atom. The van der Waals surface area contributed by atoms with E-state index in [-0.39, 0.29) is 23.4 Å². The largest absolute Gasteiger partial charge is 0.311 e. The Kier molecular flexibility index (Phi) is 4.31. The number of carbonyl (C=O) groups is 2. The minimum atomic E-state index is -0.644. The molecule has 30 heavy (non-hydrogen) atoms. The molecule has 6 nitrogen and oxygen atoms in total. The Balaban J connectivity index is 1.58. The molecular formula is C23H19FN4O2. The first-order chi connectivity index (χ1) is 14.6. The molecule has 1 fully saturated rings. The van der Waals surface area contributed by atoms with Gasteiger partial charge < -0.3 is 9.80 Å². The molecule has 2 aliphatic rings. The molecule has 2 aromatic heterocycles. The summed E-state index contributed by atoms with van der Waals surface area (Å²) < 4.78 is 13.2. The van der Waals surface area contributed by atoms with Crippen molar-refractivity contribution in [2.45, 2.75) is 25.6 Å². The van der Waals surface area contributed by atoms with E-state index < -0.39 is 12.1 Å². The highest BCUT2D eigenvalue weighted by molar-refractivity contribution is 6.02. The molecule has 0 N–H and O–H groups in total. The summed E-state index contributed by atoms with van der Waals surface area (Å²) in [7, 11) is 0. The first-order valence-electron chi connectivity index (χ1n) is 9.86. The fourth-order valence-electron chi connectivity index (χ4n) is 4.31. The van der Waals surface area contributed by atoms with Gasteiger partial charge in [-0.2, -0.15) is 4.39 Å². The van der Waals surface area contributed by atoms with Crippen molar-refractivity contribution in [3.63, 3.8) is 0 Å². The minimum Gasteiger partial charge on any atom is -0.311 e. The molecule has 1 saturated heterocycles. The standard InChI is InChI=1S/C23H19FN4O2/c1-2-14-3-5-15(6-4-14)19-13-27(22(29)16-7-8-20(24)26-11-16)21-18-12-25-10-9-17(18)23(30)28(19)21/h3-12,19,21H,2,13H2,1H3. The number of rotatable bonds is 3. The minimum absolute atomic E-state index is 0.116. The highest BCUT2D eigenvalue weighted by atomic mass is 19.1. The molecule has 2 atom stereocenters. The maximum Gasteiger partial charge on any atom is 0.257 e. The third-order valence-corrected chi connectivity index (χ3v) is 5.87. The van der Waals surface area contributed by atoms with Crippen LogP contribution in [-0.2, 0) is 6.42 Å². The molecule has 5 rings (SSSR count). The molecule has 0 bridgehead atoms. The molecule has 7 heteroatoms. The summed E-state index contributed by atoms with van der Waals surface area (Å²) >= 11 is 0. The van der Waals surface area contributed by atoms with Crippen molar-refractivity contribution in [2.24, 2.45) is 0 Å². The summed E-state index contributed by atoms with van der Waals surface area (Å²) in [5.74, 6) is -1.06. The number of aryl methyl sites for hydroxylation is 1. The number of benzene rings is 1. The third-order valence-electron chi connectivity index (χ3n) is 5.87. The van der Waals surface area contributed by atoms with Crippen molar-refractivity contribution >= 4 is 11.8 Å². The summed E-state index contributed by atoms with van der Waals surface area (Å²) in [5, 5.41) is 0. The molecule has 0 spiro atoms. The summed E-state index contributed by atoms with van der Waals surface area (Å²) in [6.07, 6.45) is 4.83.